The number of esters is 1. The van der Waals surface area contributed by atoms with E-state index in [0.29, 0.717) is 34.9 Å². The van der Waals surface area contributed by atoms with E-state index in [9.17, 15) is 14.4 Å². The molecule has 0 aliphatic carbocycles. The Morgan fingerprint density at radius 2 is 1.56 bits per heavy atom. The van der Waals surface area contributed by atoms with Crippen LogP contribution in [0.4, 0.5) is 5.69 Å². The van der Waals surface area contributed by atoms with Crippen molar-refractivity contribution >= 4 is 23.5 Å². The molecule has 0 aliphatic rings. The fourth-order valence-corrected chi connectivity index (χ4v) is 3.00. The van der Waals surface area contributed by atoms with Crippen LogP contribution in [0, 0.1) is 0 Å². The smallest absolute Gasteiger partial charge is 0.308 e. The van der Waals surface area contributed by atoms with E-state index in [1.807, 2.05) is 19.1 Å². The van der Waals surface area contributed by atoms with Crippen LogP contribution in [0.1, 0.15) is 40.1 Å². The first-order chi connectivity index (χ1) is 15.5. The van der Waals surface area contributed by atoms with Gasteiger partial charge in [0.15, 0.2) is 0 Å². The summed E-state index contributed by atoms with van der Waals surface area (Å²) in [5.41, 5.74) is 2.17. The van der Waals surface area contributed by atoms with E-state index in [4.69, 9.17) is 9.47 Å². The number of carbonyl (C=O) groups excluding carboxylic acids is 3. The number of para-hydroxylation sites is 1. The molecule has 7 nitrogen and oxygen atoms in total. The van der Waals surface area contributed by atoms with Gasteiger partial charge in [-0.25, -0.2) is 0 Å². The zero-order valence-corrected chi connectivity index (χ0v) is 17.9. The molecule has 2 amide bonds. The number of carbonyl (C=O) groups is 3. The molecule has 2 N–H and O–H groups in total. The van der Waals surface area contributed by atoms with Gasteiger partial charge >= 0.3 is 5.97 Å². The summed E-state index contributed by atoms with van der Waals surface area (Å²) in [4.78, 5) is 36.3. The summed E-state index contributed by atoms with van der Waals surface area (Å²) in [6.45, 7) is 3.98. The molecule has 0 saturated heterocycles. The lowest BCUT2D eigenvalue weighted by molar-refractivity contribution is -0.131. The van der Waals surface area contributed by atoms with Crippen molar-refractivity contribution in [1.82, 2.24) is 5.32 Å². The molecule has 0 aliphatic heterocycles. The number of anilines is 1. The van der Waals surface area contributed by atoms with E-state index in [1.54, 1.807) is 54.6 Å². The number of benzene rings is 3. The minimum Gasteiger partial charge on any atom is -0.494 e. The normalized spacial score (nSPS) is 10.2. The van der Waals surface area contributed by atoms with E-state index in [2.05, 4.69) is 10.6 Å². The highest BCUT2D eigenvalue weighted by Crippen LogP contribution is 2.19. The van der Waals surface area contributed by atoms with Gasteiger partial charge in [-0.1, -0.05) is 24.3 Å². The second-order valence-corrected chi connectivity index (χ2v) is 6.87. The van der Waals surface area contributed by atoms with Crippen molar-refractivity contribution in [3.63, 3.8) is 0 Å². The Balaban J connectivity index is 1.66. The molecule has 7 heteroatoms. The van der Waals surface area contributed by atoms with Crippen molar-refractivity contribution in [1.29, 1.82) is 0 Å². The molecule has 0 bridgehead atoms. The van der Waals surface area contributed by atoms with E-state index in [-0.39, 0.29) is 18.4 Å². The molecule has 3 aromatic carbocycles. The highest BCUT2D eigenvalue weighted by Gasteiger charge is 2.12. The first-order valence-corrected chi connectivity index (χ1v) is 10.1. The Labute approximate surface area is 186 Å². The van der Waals surface area contributed by atoms with Crippen LogP contribution >= 0.6 is 0 Å². The summed E-state index contributed by atoms with van der Waals surface area (Å²) in [6, 6.07) is 20.4. The second kappa shape index (κ2) is 10.8. The molecule has 3 rings (SSSR count). The fraction of sp³-hybridized carbons (Fsp3) is 0.160. The van der Waals surface area contributed by atoms with Crippen LogP contribution in [0.5, 0.6) is 11.5 Å². The monoisotopic (exact) mass is 432 g/mol. The number of nitrogens with one attached hydrogen (secondary N) is 2. The second-order valence-electron chi connectivity index (χ2n) is 6.87. The lowest BCUT2D eigenvalue weighted by Gasteiger charge is -2.13. The van der Waals surface area contributed by atoms with Gasteiger partial charge in [-0.2, -0.15) is 0 Å². The third-order valence-corrected chi connectivity index (χ3v) is 4.49. The molecule has 0 saturated carbocycles. The molecule has 3 aromatic rings. The Kier molecular flexibility index (Phi) is 7.59. The maximum atomic E-state index is 12.7. The summed E-state index contributed by atoms with van der Waals surface area (Å²) in [6.07, 6.45) is 0. The molecule has 0 aromatic heterocycles. The van der Waals surface area contributed by atoms with Crippen molar-refractivity contribution in [2.45, 2.75) is 20.4 Å². The van der Waals surface area contributed by atoms with Crippen LogP contribution in [0.2, 0.25) is 0 Å². The molecule has 0 atom stereocenters. The predicted octanol–water partition coefficient (Wildman–Crippen LogP) is 4.19. The van der Waals surface area contributed by atoms with Crippen molar-refractivity contribution in [2.75, 3.05) is 11.9 Å². The Hall–Kier alpha value is -4.13. The number of amides is 2. The van der Waals surface area contributed by atoms with Crippen molar-refractivity contribution in [3.05, 3.63) is 89.5 Å². The largest absolute Gasteiger partial charge is 0.494 e. The fourth-order valence-electron chi connectivity index (χ4n) is 3.00. The predicted molar refractivity (Wildman–Crippen MR) is 121 cm³/mol. The lowest BCUT2D eigenvalue weighted by Crippen LogP contribution is -2.24. The van der Waals surface area contributed by atoms with E-state index < -0.39 is 5.97 Å². The van der Waals surface area contributed by atoms with Gasteiger partial charge in [-0.15, -0.1) is 0 Å². The average molecular weight is 432 g/mol. The highest BCUT2D eigenvalue weighted by molar-refractivity contribution is 6.05. The van der Waals surface area contributed by atoms with Crippen LogP contribution in [0.25, 0.3) is 0 Å². The zero-order valence-electron chi connectivity index (χ0n) is 17.9. The topological polar surface area (TPSA) is 93.7 Å². The van der Waals surface area contributed by atoms with E-state index in [1.165, 1.54) is 13.0 Å². The molecule has 0 fully saturated rings. The van der Waals surface area contributed by atoms with Gasteiger partial charge in [0.25, 0.3) is 11.8 Å². The van der Waals surface area contributed by atoms with E-state index >= 15 is 0 Å². The van der Waals surface area contributed by atoms with Crippen LogP contribution < -0.4 is 20.1 Å². The SMILES string of the molecule is CCOc1ccc(C(=O)NCc2ccccc2NC(=O)c2cccc(OC(C)=O)c2)cc1. The summed E-state index contributed by atoms with van der Waals surface area (Å²) >= 11 is 0. The van der Waals surface area contributed by atoms with Crippen LogP contribution in [-0.4, -0.2) is 24.4 Å². The first kappa shape index (κ1) is 22.6. The van der Waals surface area contributed by atoms with Gasteiger partial charge in [-0.3, -0.25) is 14.4 Å². The molecule has 164 valence electrons. The first-order valence-electron chi connectivity index (χ1n) is 10.1. The van der Waals surface area contributed by atoms with Crippen LogP contribution in [-0.2, 0) is 11.3 Å². The summed E-state index contributed by atoms with van der Waals surface area (Å²) < 4.78 is 10.4. The molecule has 0 radical (unpaired) electrons. The Morgan fingerprint density at radius 1 is 0.812 bits per heavy atom. The number of hydrogen-bond acceptors (Lipinski definition) is 5. The van der Waals surface area contributed by atoms with Crippen molar-refractivity contribution in [2.24, 2.45) is 0 Å². The van der Waals surface area contributed by atoms with Crippen molar-refractivity contribution < 1.29 is 23.9 Å². The molecule has 0 heterocycles. The lowest BCUT2D eigenvalue weighted by atomic mass is 10.1. The van der Waals surface area contributed by atoms with Gasteiger partial charge in [0.05, 0.1) is 6.61 Å². The third kappa shape index (κ3) is 6.18. The molecule has 32 heavy (non-hydrogen) atoms. The van der Waals surface area contributed by atoms with Gasteiger partial charge in [0.1, 0.15) is 11.5 Å². The van der Waals surface area contributed by atoms with Crippen LogP contribution in [0.15, 0.2) is 72.8 Å². The summed E-state index contributed by atoms with van der Waals surface area (Å²) in [5.74, 6) is -0.0559. The zero-order chi connectivity index (χ0) is 22.9. The minimum absolute atomic E-state index is 0.232. The minimum atomic E-state index is -0.462. The third-order valence-electron chi connectivity index (χ3n) is 4.49. The maximum Gasteiger partial charge on any atom is 0.308 e. The van der Waals surface area contributed by atoms with Gasteiger partial charge in [0, 0.05) is 30.3 Å². The van der Waals surface area contributed by atoms with Crippen molar-refractivity contribution in [3.8, 4) is 11.5 Å². The molecule has 0 spiro atoms. The standard InChI is InChI=1S/C25H24N2O5/c1-3-31-21-13-11-18(12-14-21)24(29)26-16-20-7-4-5-10-23(20)27-25(30)19-8-6-9-22(15-19)32-17(2)28/h4-15H,3,16H2,1-2H3,(H,26,29)(H,27,30). The summed E-state index contributed by atoms with van der Waals surface area (Å²) in [7, 11) is 0. The maximum absolute atomic E-state index is 12.7. The number of hydrogen-bond donors (Lipinski definition) is 2. The van der Waals surface area contributed by atoms with Gasteiger partial charge in [0.2, 0.25) is 0 Å². The number of rotatable bonds is 8. The molecule has 0 unspecified atom stereocenters. The Bertz CT molecular complexity index is 1110. The highest BCUT2D eigenvalue weighted by atomic mass is 16.5. The van der Waals surface area contributed by atoms with Gasteiger partial charge < -0.3 is 20.1 Å². The number of ether oxygens (including phenoxy) is 2. The Morgan fingerprint density at radius 3 is 2.28 bits per heavy atom. The van der Waals surface area contributed by atoms with Gasteiger partial charge in [-0.05, 0) is 61.0 Å². The quantitative estimate of drug-likeness (QED) is 0.411. The van der Waals surface area contributed by atoms with Crippen LogP contribution in [0.3, 0.4) is 0 Å². The molecular formula is C25H24N2O5. The average Bonchev–Trinajstić information content (AvgIpc) is 2.79. The van der Waals surface area contributed by atoms with E-state index in [0.717, 1.165) is 5.56 Å². The summed E-state index contributed by atoms with van der Waals surface area (Å²) in [5, 5.41) is 5.71. The molecular weight excluding hydrogens is 408 g/mol.